The van der Waals surface area contributed by atoms with E-state index in [0.29, 0.717) is 11.3 Å². The molecule has 0 heterocycles. The van der Waals surface area contributed by atoms with Crippen molar-refractivity contribution in [3.8, 4) is 5.75 Å². The molecule has 0 saturated heterocycles. The third-order valence-corrected chi connectivity index (χ3v) is 3.40. The van der Waals surface area contributed by atoms with E-state index in [1.54, 1.807) is 42.5 Å². The Kier molecular flexibility index (Phi) is 10.2. The van der Waals surface area contributed by atoms with E-state index < -0.39 is 11.9 Å². The third kappa shape index (κ3) is 8.29. The van der Waals surface area contributed by atoms with Gasteiger partial charge in [-0.2, -0.15) is 0 Å². The fourth-order valence-corrected chi connectivity index (χ4v) is 2.05. The highest BCUT2D eigenvalue weighted by molar-refractivity contribution is 6.15. The molecule has 0 aliphatic heterocycles. The predicted molar refractivity (Wildman–Crippen MR) is 105 cm³/mol. The van der Waals surface area contributed by atoms with Crippen LogP contribution in [0.5, 0.6) is 5.75 Å². The van der Waals surface area contributed by atoms with Gasteiger partial charge in [-0.3, -0.25) is 0 Å². The molecule has 0 radical (unpaired) electrons. The number of carbonyl (C=O) groups excluding carboxylic acids is 1. The molecule has 0 atom stereocenters. The van der Waals surface area contributed by atoms with Crippen molar-refractivity contribution in [3.63, 3.8) is 0 Å². The highest BCUT2D eigenvalue weighted by atomic mass is 16.5. The van der Waals surface area contributed by atoms with Crippen LogP contribution in [0.3, 0.4) is 0 Å². The number of carboxylic acid groups (broad SMARTS) is 1. The minimum atomic E-state index is -1.00. The van der Waals surface area contributed by atoms with Crippen molar-refractivity contribution in [1.82, 2.24) is 0 Å². The monoisotopic (exact) mass is 354 g/mol. The Labute approximate surface area is 155 Å². The van der Waals surface area contributed by atoms with Crippen LogP contribution in [0.4, 0.5) is 0 Å². The number of hydrogen-bond acceptors (Lipinski definition) is 3. The van der Waals surface area contributed by atoms with E-state index in [2.05, 4.69) is 13.8 Å². The smallest absolute Gasteiger partial charge is 0.336 e. The van der Waals surface area contributed by atoms with Crippen molar-refractivity contribution in [3.05, 3.63) is 72.4 Å². The second-order valence-corrected chi connectivity index (χ2v) is 5.62. The van der Waals surface area contributed by atoms with E-state index in [4.69, 9.17) is 4.74 Å². The number of hydrogen-bond donors (Lipinski definition) is 1. The van der Waals surface area contributed by atoms with E-state index in [1.807, 2.05) is 18.2 Å². The summed E-state index contributed by atoms with van der Waals surface area (Å²) in [6, 6.07) is 6.42. The lowest BCUT2D eigenvalue weighted by Gasteiger charge is -2.04. The van der Waals surface area contributed by atoms with Crippen molar-refractivity contribution in [2.45, 2.75) is 39.5 Å². The molecule has 0 fully saturated rings. The lowest BCUT2D eigenvalue weighted by atomic mass is 10.1. The van der Waals surface area contributed by atoms with E-state index in [1.165, 1.54) is 6.08 Å². The molecule has 4 heteroatoms. The van der Waals surface area contributed by atoms with Crippen molar-refractivity contribution in [2.24, 2.45) is 0 Å². The summed E-state index contributed by atoms with van der Waals surface area (Å²) in [7, 11) is 0. The van der Waals surface area contributed by atoms with Crippen molar-refractivity contribution in [2.75, 3.05) is 0 Å². The maximum Gasteiger partial charge on any atom is 0.336 e. The lowest BCUT2D eigenvalue weighted by molar-refractivity contribution is -0.130. The molecule has 0 unspecified atom stereocenters. The zero-order valence-corrected chi connectivity index (χ0v) is 15.4. The fourth-order valence-electron chi connectivity index (χ4n) is 2.05. The second kappa shape index (κ2) is 12.5. The first kappa shape index (κ1) is 21.2. The first-order valence-electron chi connectivity index (χ1n) is 8.84. The molecule has 26 heavy (non-hydrogen) atoms. The number of carboxylic acids is 1. The van der Waals surface area contributed by atoms with Gasteiger partial charge in [0.2, 0.25) is 0 Å². The number of allylic oxidation sites excluding steroid dienone is 6. The topological polar surface area (TPSA) is 63.6 Å². The van der Waals surface area contributed by atoms with Gasteiger partial charge in [-0.1, -0.05) is 69.2 Å². The van der Waals surface area contributed by atoms with Gasteiger partial charge >= 0.3 is 11.9 Å². The third-order valence-electron chi connectivity index (χ3n) is 3.40. The molecule has 1 aromatic carbocycles. The number of carbonyl (C=O) groups is 2. The number of ether oxygens (including phenoxy) is 1. The molecule has 1 rings (SSSR count). The molecule has 0 bridgehead atoms. The molecule has 0 spiro atoms. The highest BCUT2D eigenvalue weighted by Crippen LogP contribution is 2.19. The Balaban J connectivity index is 2.74. The molecule has 0 aliphatic rings. The summed E-state index contributed by atoms with van der Waals surface area (Å²) in [5, 5.41) is 9.35. The minimum absolute atomic E-state index is 0.191. The zero-order chi connectivity index (χ0) is 19.2. The maximum absolute atomic E-state index is 11.7. The van der Waals surface area contributed by atoms with Crippen LogP contribution in [0.2, 0.25) is 0 Å². The summed E-state index contributed by atoms with van der Waals surface area (Å²) < 4.78 is 5.19. The zero-order valence-electron chi connectivity index (χ0n) is 15.4. The van der Waals surface area contributed by atoms with Crippen molar-refractivity contribution < 1.29 is 19.4 Å². The number of esters is 1. The second-order valence-electron chi connectivity index (χ2n) is 5.62. The summed E-state index contributed by atoms with van der Waals surface area (Å²) in [6.45, 7) is 4.14. The molecule has 0 aliphatic carbocycles. The van der Waals surface area contributed by atoms with Crippen LogP contribution in [0.25, 0.3) is 5.57 Å². The number of benzene rings is 1. The van der Waals surface area contributed by atoms with Gasteiger partial charge in [-0.25, -0.2) is 9.59 Å². The standard InChI is InChI=1S/C22H26O4/c1-3-5-7-9-11-13-21(23)26-19-16-14-18(15-17-19)20(22(24)25)12-10-8-6-4-2/h7-17H,3-6H2,1-2H3,(H,24,25)/b9-7+,10-8+,13-11+,20-12+. The largest absolute Gasteiger partial charge is 0.478 e. The van der Waals surface area contributed by atoms with Gasteiger partial charge in [-0.15, -0.1) is 0 Å². The van der Waals surface area contributed by atoms with Gasteiger partial charge in [0.15, 0.2) is 0 Å². The molecule has 1 N–H and O–H groups in total. The van der Waals surface area contributed by atoms with Crippen LogP contribution in [0, 0.1) is 0 Å². The molecule has 138 valence electrons. The van der Waals surface area contributed by atoms with Gasteiger partial charge in [0.05, 0.1) is 5.57 Å². The molecule has 0 saturated carbocycles. The molecule has 1 aromatic rings. The predicted octanol–water partition coefficient (Wildman–Crippen LogP) is 5.33. The first-order chi connectivity index (χ1) is 12.6. The van der Waals surface area contributed by atoms with Crippen LogP contribution in [0.15, 0.2) is 66.8 Å². The van der Waals surface area contributed by atoms with Gasteiger partial charge in [0.1, 0.15) is 5.75 Å². The van der Waals surface area contributed by atoms with E-state index in [9.17, 15) is 14.7 Å². The Bertz CT molecular complexity index is 691. The summed E-state index contributed by atoms with van der Waals surface area (Å²) in [4.78, 5) is 23.1. The van der Waals surface area contributed by atoms with E-state index >= 15 is 0 Å². The van der Waals surface area contributed by atoms with Gasteiger partial charge < -0.3 is 9.84 Å². The number of rotatable bonds is 10. The van der Waals surface area contributed by atoms with Crippen LogP contribution in [0.1, 0.15) is 45.1 Å². The molecular formula is C22H26O4. The average Bonchev–Trinajstić information content (AvgIpc) is 2.62. The van der Waals surface area contributed by atoms with Gasteiger partial charge in [0, 0.05) is 6.08 Å². The average molecular weight is 354 g/mol. The quantitative estimate of drug-likeness (QED) is 0.267. The fraction of sp³-hybridized carbons (Fsp3) is 0.273. The Hall–Kier alpha value is -2.88. The summed E-state index contributed by atoms with van der Waals surface area (Å²) in [6.07, 6.45) is 16.0. The number of unbranched alkanes of at least 4 members (excludes halogenated alkanes) is 2. The normalized spacial score (nSPS) is 12.3. The van der Waals surface area contributed by atoms with Gasteiger partial charge in [-0.05, 0) is 36.6 Å². The van der Waals surface area contributed by atoms with E-state index in [0.717, 1.165) is 25.7 Å². The summed E-state index contributed by atoms with van der Waals surface area (Å²) in [5.74, 6) is -1.11. The van der Waals surface area contributed by atoms with Crippen molar-refractivity contribution >= 4 is 17.5 Å². The summed E-state index contributed by atoms with van der Waals surface area (Å²) >= 11 is 0. The highest BCUT2D eigenvalue weighted by Gasteiger charge is 2.10. The Morgan fingerprint density at radius 1 is 0.962 bits per heavy atom. The molecular weight excluding hydrogens is 328 g/mol. The number of aliphatic carboxylic acids is 1. The SMILES string of the molecule is CCC/C=C/C=C/C(=O)Oc1ccc(/C(=C\C=C\CCC)C(=O)O)cc1. The van der Waals surface area contributed by atoms with Gasteiger partial charge in [0.25, 0.3) is 0 Å². The first-order valence-corrected chi connectivity index (χ1v) is 8.84. The molecule has 0 amide bonds. The molecule has 4 nitrogen and oxygen atoms in total. The van der Waals surface area contributed by atoms with Crippen molar-refractivity contribution in [1.29, 1.82) is 0 Å². The Morgan fingerprint density at radius 2 is 1.58 bits per heavy atom. The van der Waals surface area contributed by atoms with Crippen LogP contribution >= 0.6 is 0 Å². The van der Waals surface area contributed by atoms with Crippen LogP contribution < -0.4 is 4.74 Å². The Morgan fingerprint density at radius 3 is 2.15 bits per heavy atom. The lowest BCUT2D eigenvalue weighted by Crippen LogP contribution is -2.04. The van der Waals surface area contributed by atoms with Crippen LogP contribution in [-0.4, -0.2) is 17.0 Å². The minimum Gasteiger partial charge on any atom is -0.478 e. The summed E-state index contributed by atoms with van der Waals surface area (Å²) in [5.41, 5.74) is 0.743. The molecule has 0 aromatic heterocycles. The van der Waals surface area contributed by atoms with Crippen LogP contribution in [-0.2, 0) is 9.59 Å². The maximum atomic E-state index is 11.7. The van der Waals surface area contributed by atoms with E-state index in [-0.39, 0.29) is 5.57 Å².